The first-order chi connectivity index (χ1) is 21.4. The number of nitrogens with zero attached hydrogens (tertiary/aromatic N) is 5. The van der Waals surface area contributed by atoms with Gasteiger partial charge in [0.25, 0.3) is 11.8 Å². The summed E-state index contributed by atoms with van der Waals surface area (Å²) < 4.78 is 7.50. The predicted octanol–water partition coefficient (Wildman–Crippen LogP) is 1.96. The lowest BCUT2D eigenvalue weighted by atomic mass is 10.0. The molecular formula is C31H39N7O6. The van der Waals surface area contributed by atoms with Gasteiger partial charge < -0.3 is 19.9 Å². The molecule has 4 aliphatic rings. The van der Waals surface area contributed by atoms with Gasteiger partial charge in [0.2, 0.25) is 17.7 Å². The summed E-state index contributed by atoms with van der Waals surface area (Å²) in [5, 5.41) is 10.1. The summed E-state index contributed by atoms with van der Waals surface area (Å²) >= 11 is 0. The highest BCUT2D eigenvalue weighted by Gasteiger charge is 2.44. The molecule has 6 rings (SSSR count). The number of ether oxygens (including phenoxy) is 1. The molecule has 0 spiro atoms. The number of anilines is 2. The lowest BCUT2D eigenvalue weighted by Crippen LogP contribution is -2.54. The van der Waals surface area contributed by atoms with Crippen LogP contribution in [0.1, 0.15) is 78.1 Å². The number of nitrogens with one attached hydrogen (secondary N) is 2. The number of carbonyl (C=O) groups excluding carboxylic acids is 5. The van der Waals surface area contributed by atoms with Gasteiger partial charge in [0.15, 0.2) is 0 Å². The summed E-state index contributed by atoms with van der Waals surface area (Å²) in [5.74, 6) is -1.85. The van der Waals surface area contributed by atoms with E-state index in [9.17, 15) is 24.0 Å². The van der Waals surface area contributed by atoms with Gasteiger partial charge in [-0.1, -0.05) is 6.42 Å². The lowest BCUT2D eigenvalue weighted by Gasteiger charge is -2.32. The summed E-state index contributed by atoms with van der Waals surface area (Å²) in [6.07, 6.45) is 9.15. The van der Waals surface area contributed by atoms with E-state index in [0.717, 1.165) is 82.1 Å². The van der Waals surface area contributed by atoms with Gasteiger partial charge in [-0.3, -0.25) is 38.9 Å². The molecule has 4 aliphatic heterocycles. The van der Waals surface area contributed by atoms with E-state index in [2.05, 4.69) is 31.5 Å². The van der Waals surface area contributed by atoms with Crippen molar-refractivity contribution < 1.29 is 28.7 Å². The number of fused-ring (bicyclic) bond motifs is 1. The summed E-state index contributed by atoms with van der Waals surface area (Å²) in [6, 6.07) is 4.32. The molecule has 0 radical (unpaired) electrons. The maximum absolute atomic E-state index is 13.0. The molecule has 44 heavy (non-hydrogen) atoms. The first-order valence-corrected chi connectivity index (χ1v) is 15.6. The normalized spacial score (nSPS) is 21.1. The van der Waals surface area contributed by atoms with Crippen LogP contribution < -0.4 is 15.5 Å². The Labute approximate surface area is 255 Å². The average Bonchev–Trinajstić information content (AvgIpc) is 3.63. The van der Waals surface area contributed by atoms with Crippen LogP contribution in [-0.2, 0) is 19.1 Å². The number of hydrogen-bond acceptors (Lipinski definition) is 9. The van der Waals surface area contributed by atoms with Crippen molar-refractivity contribution >= 4 is 40.9 Å². The lowest BCUT2D eigenvalue weighted by molar-refractivity contribution is -0.136. The van der Waals surface area contributed by atoms with Crippen LogP contribution in [0.25, 0.3) is 0 Å². The van der Waals surface area contributed by atoms with Crippen molar-refractivity contribution in [1.82, 2.24) is 24.9 Å². The first kappa shape index (κ1) is 29.8. The molecule has 2 N–H and O–H groups in total. The maximum atomic E-state index is 13.0. The minimum absolute atomic E-state index is 0.0869. The quantitative estimate of drug-likeness (QED) is 0.307. The molecule has 1 atom stereocenters. The number of piperidine rings is 2. The van der Waals surface area contributed by atoms with Crippen molar-refractivity contribution in [2.24, 2.45) is 0 Å². The summed E-state index contributed by atoms with van der Waals surface area (Å²) in [7, 11) is 0. The highest BCUT2D eigenvalue weighted by Crippen LogP contribution is 2.30. The molecule has 13 heteroatoms. The largest absolute Gasteiger partial charge is 0.385 e. The number of hydrogen-bond donors (Lipinski definition) is 2. The van der Waals surface area contributed by atoms with Crippen LogP contribution >= 0.6 is 0 Å². The molecule has 13 nitrogen and oxygen atoms in total. The second-order valence-corrected chi connectivity index (χ2v) is 11.8. The summed E-state index contributed by atoms with van der Waals surface area (Å²) in [6.45, 7) is 5.43. The molecule has 3 saturated heterocycles. The van der Waals surface area contributed by atoms with E-state index in [1.54, 1.807) is 18.2 Å². The molecular weight excluding hydrogens is 566 g/mol. The molecule has 1 aromatic carbocycles. The van der Waals surface area contributed by atoms with Gasteiger partial charge in [0.05, 0.1) is 42.3 Å². The predicted molar refractivity (Wildman–Crippen MR) is 160 cm³/mol. The first-order valence-electron chi connectivity index (χ1n) is 15.6. The van der Waals surface area contributed by atoms with Gasteiger partial charge in [0.1, 0.15) is 6.04 Å². The van der Waals surface area contributed by atoms with E-state index < -0.39 is 29.7 Å². The van der Waals surface area contributed by atoms with Crippen LogP contribution in [0.2, 0.25) is 0 Å². The van der Waals surface area contributed by atoms with Crippen LogP contribution in [-0.4, -0.2) is 101 Å². The van der Waals surface area contributed by atoms with Crippen molar-refractivity contribution in [3.63, 3.8) is 0 Å². The fourth-order valence-corrected chi connectivity index (χ4v) is 6.44. The van der Waals surface area contributed by atoms with Crippen LogP contribution in [0, 0.1) is 0 Å². The van der Waals surface area contributed by atoms with E-state index in [0.29, 0.717) is 24.7 Å². The zero-order valence-corrected chi connectivity index (χ0v) is 24.8. The number of morpholine rings is 1. The number of amides is 5. The molecule has 0 saturated carbocycles. The topological polar surface area (TPSA) is 146 Å². The molecule has 234 valence electrons. The van der Waals surface area contributed by atoms with Crippen molar-refractivity contribution in [1.29, 1.82) is 0 Å². The molecule has 1 unspecified atom stereocenters. The van der Waals surface area contributed by atoms with Gasteiger partial charge in [-0.2, -0.15) is 5.10 Å². The summed E-state index contributed by atoms with van der Waals surface area (Å²) in [5.41, 5.74) is 2.36. The van der Waals surface area contributed by atoms with Crippen LogP contribution in [0.15, 0.2) is 30.6 Å². The number of imide groups is 2. The highest BCUT2D eigenvalue weighted by atomic mass is 16.5. The molecule has 5 heterocycles. The van der Waals surface area contributed by atoms with Crippen molar-refractivity contribution in [3.05, 3.63) is 41.7 Å². The molecule has 3 fully saturated rings. The maximum Gasteiger partial charge on any atom is 0.262 e. The van der Waals surface area contributed by atoms with E-state index in [1.807, 2.05) is 11.1 Å². The SMILES string of the molecule is O=C1CCC(N2C(=O)c3ccc(NCCCCCC(=O)N4CCC(n5cc(N6CCOCC6)cn5)CC4)cc3C2=O)C(=O)N1. The van der Waals surface area contributed by atoms with Crippen molar-refractivity contribution in [2.45, 2.75) is 63.5 Å². The Morgan fingerprint density at radius 2 is 1.73 bits per heavy atom. The standard InChI is InChI=1S/C31H39N7O6/c39-27-8-7-26(29(41)34-27)38-30(42)24-6-5-21(18-25(24)31(38)43)32-11-3-1-2-4-28(40)36-12-9-22(10-13-36)37-20-23(19-33-37)35-14-16-44-17-15-35/h5-6,18-20,22,26,32H,1-4,7-17H2,(H,34,39,41). The molecule has 2 aromatic rings. The Morgan fingerprint density at radius 1 is 0.955 bits per heavy atom. The minimum Gasteiger partial charge on any atom is -0.385 e. The van der Waals surface area contributed by atoms with Crippen LogP contribution in [0.4, 0.5) is 11.4 Å². The van der Waals surface area contributed by atoms with Crippen molar-refractivity contribution in [3.8, 4) is 0 Å². The monoisotopic (exact) mass is 605 g/mol. The Balaban J connectivity index is 0.891. The Bertz CT molecular complexity index is 1430. The zero-order chi connectivity index (χ0) is 30.6. The van der Waals surface area contributed by atoms with Gasteiger partial charge in [-0.05, 0) is 50.3 Å². The van der Waals surface area contributed by atoms with Crippen LogP contribution in [0.5, 0.6) is 0 Å². The van der Waals surface area contributed by atoms with Gasteiger partial charge in [-0.15, -0.1) is 0 Å². The van der Waals surface area contributed by atoms with Gasteiger partial charge in [0, 0.05) is 57.4 Å². The third-order valence-electron chi connectivity index (χ3n) is 8.99. The second-order valence-electron chi connectivity index (χ2n) is 11.8. The fraction of sp³-hybridized carbons (Fsp3) is 0.548. The highest BCUT2D eigenvalue weighted by molar-refractivity contribution is 6.23. The number of likely N-dealkylation sites (tertiary alicyclic amines) is 1. The van der Waals surface area contributed by atoms with E-state index in [-0.39, 0.29) is 29.9 Å². The Kier molecular flexibility index (Phi) is 8.91. The Morgan fingerprint density at radius 3 is 2.50 bits per heavy atom. The third-order valence-corrected chi connectivity index (χ3v) is 8.99. The average molecular weight is 606 g/mol. The minimum atomic E-state index is -0.976. The third kappa shape index (κ3) is 6.33. The van der Waals surface area contributed by atoms with Gasteiger partial charge in [-0.25, -0.2) is 0 Å². The number of carbonyl (C=O) groups is 5. The fourth-order valence-electron chi connectivity index (χ4n) is 6.44. The van der Waals surface area contributed by atoms with E-state index in [4.69, 9.17) is 4.74 Å². The molecule has 5 amide bonds. The zero-order valence-electron chi connectivity index (χ0n) is 24.8. The number of benzene rings is 1. The molecule has 0 bridgehead atoms. The summed E-state index contributed by atoms with van der Waals surface area (Å²) in [4.78, 5) is 67.7. The number of aromatic nitrogens is 2. The molecule has 1 aromatic heterocycles. The number of unbranched alkanes of at least 4 members (excludes halogenated alkanes) is 2. The van der Waals surface area contributed by atoms with Gasteiger partial charge >= 0.3 is 0 Å². The Hall–Kier alpha value is -4.26. The smallest absolute Gasteiger partial charge is 0.262 e. The number of rotatable bonds is 10. The van der Waals surface area contributed by atoms with Crippen molar-refractivity contribution in [2.75, 3.05) is 56.2 Å². The second kappa shape index (κ2) is 13.2. The van der Waals surface area contributed by atoms with E-state index in [1.165, 1.54) is 0 Å². The van der Waals surface area contributed by atoms with Crippen LogP contribution in [0.3, 0.4) is 0 Å². The molecule has 0 aliphatic carbocycles. The van der Waals surface area contributed by atoms with E-state index >= 15 is 0 Å².